The molecule has 20 heavy (non-hydrogen) atoms. The summed E-state index contributed by atoms with van der Waals surface area (Å²) in [4.78, 5) is 20.8. The molecule has 1 unspecified atom stereocenters. The van der Waals surface area contributed by atoms with Gasteiger partial charge in [-0.15, -0.1) is 0 Å². The van der Waals surface area contributed by atoms with Crippen LogP contribution in [0.25, 0.3) is 11.4 Å². The SMILES string of the molecule is COc1ccc(-c2ncc3c(n2)C(=O)C(Br)CC3)cc1. The standard InChI is InChI=1S/C15H13BrN2O2/c1-20-11-5-2-9(3-6-11)15-17-8-10-4-7-12(16)14(19)13(10)18-15/h2-3,5-6,8,12H,4,7H2,1H3. The topological polar surface area (TPSA) is 52.1 Å². The number of hydrogen-bond acceptors (Lipinski definition) is 4. The summed E-state index contributed by atoms with van der Waals surface area (Å²) in [6.07, 6.45) is 3.40. The molecule has 0 spiro atoms. The average Bonchev–Trinajstić information content (AvgIpc) is 2.51. The predicted octanol–water partition coefficient (Wildman–Crippen LogP) is 3.04. The number of methoxy groups -OCH3 is 1. The maximum atomic E-state index is 12.1. The largest absolute Gasteiger partial charge is 0.497 e. The summed E-state index contributed by atoms with van der Waals surface area (Å²) >= 11 is 3.40. The van der Waals surface area contributed by atoms with Gasteiger partial charge >= 0.3 is 0 Å². The van der Waals surface area contributed by atoms with Crippen LogP contribution in [-0.2, 0) is 6.42 Å². The zero-order valence-corrected chi connectivity index (χ0v) is 12.6. The van der Waals surface area contributed by atoms with Gasteiger partial charge in [-0.2, -0.15) is 0 Å². The van der Waals surface area contributed by atoms with Crippen LogP contribution in [0.5, 0.6) is 5.75 Å². The molecule has 3 rings (SSSR count). The Kier molecular flexibility index (Phi) is 3.53. The third-order valence-corrected chi connectivity index (χ3v) is 4.27. The normalized spacial score (nSPS) is 17.7. The molecule has 0 N–H and O–H groups in total. The molecule has 0 fully saturated rings. The third kappa shape index (κ3) is 2.33. The van der Waals surface area contributed by atoms with Gasteiger partial charge in [0.2, 0.25) is 0 Å². The molecule has 0 saturated carbocycles. The highest BCUT2D eigenvalue weighted by Crippen LogP contribution is 2.26. The van der Waals surface area contributed by atoms with Gasteiger partial charge in [0.1, 0.15) is 11.4 Å². The van der Waals surface area contributed by atoms with Crippen molar-refractivity contribution in [3.63, 3.8) is 0 Å². The third-order valence-electron chi connectivity index (χ3n) is 3.40. The van der Waals surface area contributed by atoms with E-state index in [1.54, 1.807) is 13.3 Å². The molecule has 1 heterocycles. The highest BCUT2D eigenvalue weighted by molar-refractivity contribution is 9.10. The van der Waals surface area contributed by atoms with E-state index in [0.717, 1.165) is 29.7 Å². The molecule has 0 bridgehead atoms. The van der Waals surface area contributed by atoms with Gasteiger partial charge in [0.05, 0.1) is 11.9 Å². The second-order valence-corrected chi connectivity index (χ2v) is 5.77. The van der Waals surface area contributed by atoms with E-state index in [2.05, 4.69) is 25.9 Å². The van der Waals surface area contributed by atoms with Gasteiger partial charge in [-0.25, -0.2) is 9.97 Å². The number of carbonyl (C=O) groups is 1. The number of rotatable bonds is 2. The number of ether oxygens (including phenoxy) is 1. The molecular weight excluding hydrogens is 320 g/mol. The molecule has 0 saturated heterocycles. The number of fused-ring (bicyclic) bond motifs is 1. The highest BCUT2D eigenvalue weighted by atomic mass is 79.9. The average molecular weight is 333 g/mol. The zero-order valence-electron chi connectivity index (χ0n) is 11.0. The summed E-state index contributed by atoms with van der Waals surface area (Å²) in [5, 5.41) is 0. The Morgan fingerprint density at radius 3 is 2.75 bits per heavy atom. The quantitative estimate of drug-likeness (QED) is 0.793. The second-order valence-electron chi connectivity index (χ2n) is 4.67. The van der Waals surface area contributed by atoms with Crippen molar-refractivity contribution in [2.45, 2.75) is 17.7 Å². The lowest BCUT2D eigenvalue weighted by atomic mass is 9.96. The molecule has 102 valence electrons. The fourth-order valence-corrected chi connectivity index (χ4v) is 2.69. The minimum absolute atomic E-state index is 0.0448. The number of nitrogens with zero attached hydrogens (tertiary/aromatic N) is 2. The van der Waals surface area contributed by atoms with Gasteiger partial charge in [0.25, 0.3) is 0 Å². The molecule has 0 aliphatic heterocycles. The Morgan fingerprint density at radius 1 is 1.30 bits per heavy atom. The van der Waals surface area contributed by atoms with Crippen LogP contribution in [0.15, 0.2) is 30.5 Å². The van der Waals surface area contributed by atoms with Crippen molar-refractivity contribution >= 4 is 21.7 Å². The molecule has 1 atom stereocenters. The second kappa shape index (κ2) is 5.32. The van der Waals surface area contributed by atoms with Crippen LogP contribution in [0.1, 0.15) is 22.5 Å². The molecule has 1 aliphatic carbocycles. The molecule has 5 heteroatoms. The highest BCUT2D eigenvalue weighted by Gasteiger charge is 2.27. The summed E-state index contributed by atoms with van der Waals surface area (Å²) in [7, 11) is 1.62. The van der Waals surface area contributed by atoms with Gasteiger partial charge in [-0.05, 0) is 42.7 Å². The Balaban J connectivity index is 2.01. The van der Waals surface area contributed by atoms with E-state index < -0.39 is 0 Å². The number of Topliss-reactive ketones (excluding diaryl/α,β-unsaturated/α-hetero) is 1. The Hall–Kier alpha value is -1.75. The predicted molar refractivity (Wildman–Crippen MR) is 79.4 cm³/mol. The summed E-state index contributed by atoms with van der Waals surface area (Å²) in [6.45, 7) is 0. The van der Waals surface area contributed by atoms with E-state index in [1.165, 1.54) is 0 Å². The Morgan fingerprint density at radius 2 is 2.05 bits per heavy atom. The van der Waals surface area contributed by atoms with E-state index in [4.69, 9.17) is 4.74 Å². The molecule has 2 aromatic rings. The van der Waals surface area contributed by atoms with Crippen LogP contribution in [0, 0.1) is 0 Å². The molecule has 1 aliphatic rings. The number of carbonyl (C=O) groups excluding carboxylic acids is 1. The van der Waals surface area contributed by atoms with Crippen LogP contribution in [0.4, 0.5) is 0 Å². The first-order valence-corrected chi connectivity index (χ1v) is 7.29. The summed E-state index contributed by atoms with van der Waals surface area (Å²) in [6, 6.07) is 7.49. The fraction of sp³-hybridized carbons (Fsp3) is 0.267. The molecule has 0 amide bonds. The first-order valence-electron chi connectivity index (χ1n) is 6.37. The van der Waals surface area contributed by atoms with E-state index in [1.807, 2.05) is 24.3 Å². The summed E-state index contributed by atoms with van der Waals surface area (Å²) in [5.41, 5.74) is 2.35. The van der Waals surface area contributed by atoms with Gasteiger partial charge in [0, 0.05) is 11.8 Å². The first-order chi connectivity index (χ1) is 9.69. The van der Waals surface area contributed by atoms with E-state index in [-0.39, 0.29) is 10.6 Å². The Labute approximate surface area is 125 Å². The maximum absolute atomic E-state index is 12.1. The van der Waals surface area contributed by atoms with Crippen molar-refractivity contribution in [1.29, 1.82) is 0 Å². The van der Waals surface area contributed by atoms with Crippen LogP contribution in [-0.4, -0.2) is 27.7 Å². The number of ketones is 1. The molecule has 0 radical (unpaired) electrons. The molecule has 1 aromatic carbocycles. The number of halogens is 1. The fourth-order valence-electron chi connectivity index (χ4n) is 2.24. The van der Waals surface area contributed by atoms with Crippen molar-refractivity contribution in [2.75, 3.05) is 7.11 Å². The van der Waals surface area contributed by atoms with Crippen LogP contribution in [0.2, 0.25) is 0 Å². The van der Waals surface area contributed by atoms with Gasteiger partial charge in [0.15, 0.2) is 11.6 Å². The number of alkyl halides is 1. The smallest absolute Gasteiger partial charge is 0.195 e. The van der Waals surface area contributed by atoms with Crippen LogP contribution < -0.4 is 4.74 Å². The van der Waals surface area contributed by atoms with Crippen molar-refractivity contribution in [3.05, 3.63) is 41.7 Å². The minimum Gasteiger partial charge on any atom is -0.497 e. The van der Waals surface area contributed by atoms with Gasteiger partial charge < -0.3 is 4.74 Å². The van der Waals surface area contributed by atoms with E-state index in [9.17, 15) is 4.79 Å². The van der Waals surface area contributed by atoms with Crippen molar-refractivity contribution in [2.24, 2.45) is 0 Å². The van der Waals surface area contributed by atoms with Crippen LogP contribution >= 0.6 is 15.9 Å². The van der Waals surface area contributed by atoms with E-state index >= 15 is 0 Å². The lowest BCUT2D eigenvalue weighted by Gasteiger charge is -2.18. The lowest BCUT2D eigenvalue weighted by Crippen LogP contribution is -2.24. The minimum atomic E-state index is -0.131. The van der Waals surface area contributed by atoms with Gasteiger partial charge in [-0.1, -0.05) is 15.9 Å². The summed E-state index contributed by atoms with van der Waals surface area (Å²) in [5.74, 6) is 1.40. The summed E-state index contributed by atoms with van der Waals surface area (Å²) < 4.78 is 5.13. The number of aromatic nitrogens is 2. The first kappa shape index (κ1) is 13.2. The molecule has 4 nitrogen and oxygen atoms in total. The zero-order chi connectivity index (χ0) is 14.1. The number of aryl methyl sites for hydroxylation is 1. The van der Waals surface area contributed by atoms with Gasteiger partial charge in [-0.3, -0.25) is 4.79 Å². The molecular formula is C15H13BrN2O2. The lowest BCUT2D eigenvalue weighted by molar-refractivity contribution is 0.0976. The van der Waals surface area contributed by atoms with Crippen molar-refractivity contribution in [1.82, 2.24) is 9.97 Å². The van der Waals surface area contributed by atoms with E-state index in [0.29, 0.717) is 11.5 Å². The monoisotopic (exact) mass is 332 g/mol. The van der Waals surface area contributed by atoms with Crippen molar-refractivity contribution in [3.8, 4) is 17.1 Å². The molecule has 1 aromatic heterocycles. The maximum Gasteiger partial charge on any atom is 0.195 e. The number of benzene rings is 1. The number of hydrogen-bond donors (Lipinski definition) is 0. The van der Waals surface area contributed by atoms with Crippen molar-refractivity contribution < 1.29 is 9.53 Å². The Bertz CT molecular complexity index is 655. The van der Waals surface area contributed by atoms with Crippen LogP contribution in [0.3, 0.4) is 0 Å².